The topological polar surface area (TPSA) is 95.8 Å². The smallest absolute Gasteiger partial charge is 0.319 e. The SMILES string of the molecule is O=C(NCc1cnco1)Nc1ccc(-c2n[nH]c3ccccc23)cc1. The van der Waals surface area contributed by atoms with E-state index in [4.69, 9.17) is 4.42 Å². The van der Waals surface area contributed by atoms with Gasteiger partial charge in [-0.05, 0) is 18.2 Å². The van der Waals surface area contributed by atoms with Gasteiger partial charge < -0.3 is 15.1 Å². The van der Waals surface area contributed by atoms with Crippen molar-refractivity contribution in [3.63, 3.8) is 0 Å². The van der Waals surface area contributed by atoms with Crippen molar-refractivity contribution in [2.24, 2.45) is 0 Å². The van der Waals surface area contributed by atoms with Gasteiger partial charge in [-0.2, -0.15) is 5.10 Å². The van der Waals surface area contributed by atoms with Crippen molar-refractivity contribution in [2.45, 2.75) is 6.54 Å². The highest BCUT2D eigenvalue weighted by Gasteiger charge is 2.08. The Bertz CT molecular complexity index is 990. The van der Waals surface area contributed by atoms with Crippen LogP contribution in [-0.2, 0) is 6.54 Å². The lowest BCUT2D eigenvalue weighted by Crippen LogP contribution is -2.27. The van der Waals surface area contributed by atoms with Crippen molar-refractivity contribution < 1.29 is 9.21 Å². The molecule has 0 aliphatic heterocycles. The number of rotatable bonds is 4. The molecule has 0 unspecified atom stereocenters. The summed E-state index contributed by atoms with van der Waals surface area (Å²) in [4.78, 5) is 15.7. The molecule has 7 nitrogen and oxygen atoms in total. The molecule has 4 rings (SSSR count). The Kier molecular flexibility index (Phi) is 3.88. The molecule has 7 heteroatoms. The van der Waals surface area contributed by atoms with Gasteiger partial charge in [-0.3, -0.25) is 5.10 Å². The van der Waals surface area contributed by atoms with Crippen LogP contribution in [-0.4, -0.2) is 21.2 Å². The quantitative estimate of drug-likeness (QED) is 0.532. The van der Waals surface area contributed by atoms with E-state index in [-0.39, 0.29) is 12.6 Å². The van der Waals surface area contributed by atoms with Gasteiger partial charge in [-0.15, -0.1) is 0 Å². The van der Waals surface area contributed by atoms with Crippen LogP contribution in [0.5, 0.6) is 0 Å². The maximum absolute atomic E-state index is 11.9. The second-order valence-corrected chi connectivity index (χ2v) is 5.47. The van der Waals surface area contributed by atoms with Crippen molar-refractivity contribution in [3.8, 4) is 11.3 Å². The van der Waals surface area contributed by atoms with Crippen LogP contribution in [0.25, 0.3) is 22.2 Å². The lowest BCUT2D eigenvalue weighted by atomic mass is 10.1. The van der Waals surface area contributed by atoms with Crippen LogP contribution in [0.15, 0.2) is 65.5 Å². The molecule has 2 aromatic heterocycles. The van der Waals surface area contributed by atoms with E-state index in [1.54, 1.807) is 6.20 Å². The third-order valence-electron chi connectivity index (χ3n) is 3.79. The molecule has 0 radical (unpaired) electrons. The lowest BCUT2D eigenvalue weighted by molar-refractivity contribution is 0.251. The predicted octanol–water partition coefficient (Wildman–Crippen LogP) is 3.54. The second-order valence-electron chi connectivity index (χ2n) is 5.47. The van der Waals surface area contributed by atoms with Gasteiger partial charge in [0, 0.05) is 16.6 Å². The number of para-hydroxylation sites is 1. The van der Waals surface area contributed by atoms with E-state index in [1.165, 1.54) is 6.39 Å². The number of amides is 2. The Morgan fingerprint density at radius 1 is 1.12 bits per heavy atom. The van der Waals surface area contributed by atoms with E-state index < -0.39 is 0 Å². The van der Waals surface area contributed by atoms with Crippen molar-refractivity contribution in [1.29, 1.82) is 0 Å². The number of oxazole rings is 1. The molecule has 0 saturated carbocycles. The number of hydrogen-bond donors (Lipinski definition) is 3. The molecule has 0 atom stereocenters. The molecular weight excluding hydrogens is 318 g/mol. The third kappa shape index (κ3) is 3.20. The average Bonchev–Trinajstić information content (AvgIpc) is 3.30. The molecule has 2 amide bonds. The molecule has 0 aliphatic rings. The van der Waals surface area contributed by atoms with Crippen LogP contribution >= 0.6 is 0 Å². The number of aromatic nitrogens is 3. The number of H-pyrrole nitrogens is 1. The van der Waals surface area contributed by atoms with E-state index in [0.717, 1.165) is 22.2 Å². The summed E-state index contributed by atoms with van der Waals surface area (Å²) >= 11 is 0. The zero-order valence-corrected chi connectivity index (χ0v) is 13.2. The number of anilines is 1. The number of fused-ring (bicyclic) bond motifs is 1. The molecule has 0 spiro atoms. The fourth-order valence-corrected chi connectivity index (χ4v) is 2.57. The summed E-state index contributed by atoms with van der Waals surface area (Å²) in [5.74, 6) is 0.593. The van der Waals surface area contributed by atoms with Gasteiger partial charge in [-0.25, -0.2) is 9.78 Å². The van der Waals surface area contributed by atoms with E-state index in [9.17, 15) is 4.79 Å². The van der Waals surface area contributed by atoms with Gasteiger partial charge in [0.15, 0.2) is 6.39 Å². The summed E-state index contributed by atoms with van der Waals surface area (Å²) in [7, 11) is 0. The fraction of sp³-hybridized carbons (Fsp3) is 0.0556. The Morgan fingerprint density at radius 3 is 2.76 bits per heavy atom. The maximum Gasteiger partial charge on any atom is 0.319 e. The largest absolute Gasteiger partial charge is 0.447 e. The third-order valence-corrected chi connectivity index (χ3v) is 3.79. The minimum Gasteiger partial charge on any atom is -0.447 e. The minimum atomic E-state index is -0.311. The summed E-state index contributed by atoms with van der Waals surface area (Å²) < 4.78 is 5.06. The molecule has 25 heavy (non-hydrogen) atoms. The molecule has 0 fully saturated rings. The number of hydrogen-bond acceptors (Lipinski definition) is 4. The van der Waals surface area contributed by atoms with Crippen LogP contribution in [0.4, 0.5) is 10.5 Å². The normalized spacial score (nSPS) is 10.7. The monoisotopic (exact) mass is 333 g/mol. The lowest BCUT2D eigenvalue weighted by Gasteiger charge is -2.07. The number of carbonyl (C=O) groups is 1. The van der Waals surface area contributed by atoms with Gasteiger partial charge in [0.25, 0.3) is 0 Å². The highest BCUT2D eigenvalue weighted by Crippen LogP contribution is 2.26. The number of carbonyl (C=O) groups excluding carboxylic acids is 1. The zero-order valence-electron chi connectivity index (χ0n) is 13.2. The first-order chi connectivity index (χ1) is 12.3. The van der Waals surface area contributed by atoms with Crippen LogP contribution in [0.2, 0.25) is 0 Å². The number of aromatic amines is 1. The fourth-order valence-electron chi connectivity index (χ4n) is 2.57. The Labute approximate surface area is 143 Å². The molecule has 0 bridgehead atoms. The summed E-state index contributed by atoms with van der Waals surface area (Å²) in [6, 6.07) is 15.2. The van der Waals surface area contributed by atoms with Crippen LogP contribution < -0.4 is 10.6 Å². The van der Waals surface area contributed by atoms with Crippen LogP contribution in [0.1, 0.15) is 5.76 Å². The van der Waals surface area contributed by atoms with Gasteiger partial charge in [0.1, 0.15) is 5.76 Å². The summed E-state index contributed by atoms with van der Waals surface area (Å²) in [5.41, 5.74) is 3.55. The number of urea groups is 1. The summed E-state index contributed by atoms with van der Waals surface area (Å²) in [6.45, 7) is 0.281. The zero-order chi connectivity index (χ0) is 17.1. The Hall–Kier alpha value is -3.61. The standard InChI is InChI=1S/C18H15N5O2/c24-18(20-10-14-9-19-11-25-14)21-13-7-5-12(6-8-13)17-15-3-1-2-4-16(15)22-23-17/h1-9,11H,10H2,(H,22,23)(H2,20,21,24). The predicted molar refractivity (Wildman–Crippen MR) is 93.9 cm³/mol. The molecular formula is C18H15N5O2. The van der Waals surface area contributed by atoms with Gasteiger partial charge >= 0.3 is 6.03 Å². The van der Waals surface area contributed by atoms with Gasteiger partial charge in [0.05, 0.1) is 24.0 Å². The summed E-state index contributed by atoms with van der Waals surface area (Å²) in [6.07, 6.45) is 2.88. The first-order valence-corrected chi connectivity index (χ1v) is 7.75. The van der Waals surface area contributed by atoms with Crippen molar-refractivity contribution in [2.75, 3.05) is 5.32 Å². The van der Waals surface area contributed by atoms with Crippen molar-refractivity contribution in [1.82, 2.24) is 20.5 Å². The molecule has 2 heterocycles. The average molecular weight is 333 g/mol. The Balaban J connectivity index is 1.44. The number of nitrogens with zero attached hydrogens (tertiary/aromatic N) is 2. The van der Waals surface area contributed by atoms with Gasteiger partial charge in [-0.1, -0.05) is 30.3 Å². The maximum atomic E-state index is 11.9. The highest BCUT2D eigenvalue weighted by molar-refractivity contribution is 5.93. The molecule has 124 valence electrons. The number of benzene rings is 2. The molecule has 3 N–H and O–H groups in total. The van der Waals surface area contributed by atoms with E-state index in [0.29, 0.717) is 11.4 Å². The molecule has 4 aromatic rings. The molecule has 2 aromatic carbocycles. The van der Waals surface area contributed by atoms with E-state index in [2.05, 4.69) is 25.8 Å². The summed E-state index contributed by atoms with van der Waals surface area (Å²) in [5, 5.41) is 13.9. The first kappa shape index (κ1) is 14.9. The number of nitrogens with one attached hydrogen (secondary N) is 3. The van der Waals surface area contributed by atoms with Crippen molar-refractivity contribution >= 4 is 22.6 Å². The van der Waals surface area contributed by atoms with Crippen LogP contribution in [0, 0.1) is 0 Å². The molecule has 0 saturated heterocycles. The minimum absolute atomic E-state index is 0.281. The second kappa shape index (κ2) is 6.48. The van der Waals surface area contributed by atoms with Crippen LogP contribution in [0.3, 0.4) is 0 Å². The highest BCUT2D eigenvalue weighted by atomic mass is 16.3. The van der Waals surface area contributed by atoms with Gasteiger partial charge in [0.2, 0.25) is 0 Å². The molecule has 0 aliphatic carbocycles. The van der Waals surface area contributed by atoms with Crippen molar-refractivity contribution in [3.05, 3.63) is 66.9 Å². The van der Waals surface area contributed by atoms with E-state index >= 15 is 0 Å². The Morgan fingerprint density at radius 2 is 1.96 bits per heavy atom. The van der Waals surface area contributed by atoms with E-state index in [1.807, 2.05) is 48.5 Å². The first-order valence-electron chi connectivity index (χ1n) is 7.75.